The van der Waals surface area contributed by atoms with Gasteiger partial charge < -0.3 is 4.90 Å². The van der Waals surface area contributed by atoms with Crippen LogP contribution in [0.15, 0.2) is 12.1 Å². The van der Waals surface area contributed by atoms with Gasteiger partial charge in [0.25, 0.3) is 0 Å². The Balaban J connectivity index is 3.09. The summed E-state index contributed by atoms with van der Waals surface area (Å²) >= 11 is 0. The number of anilines is 1. The van der Waals surface area contributed by atoms with Crippen molar-refractivity contribution >= 4 is 12.0 Å². The second kappa shape index (κ2) is 4.96. The molecule has 0 fully saturated rings. The minimum atomic E-state index is 0.793. The van der Waals surface area contributed by atoms with E-state index in [1.54, 1.807) is 0 Å². The normalized spacial score (nSPS) is 10.1. The maximum absolute atomic E-state index is 10.8. The van der Waals surface area contributed by atoms with Crippen LogP contribution < -0.4 is 4.90 Å². The first-order valence-corrected chi connectivity index (χ1v) is 5.37. The highest BCUT2D eigenvalue weighted by Gasteiger charge is 2.07. The summed E-state index contributed by atoms with van der Waals surface area (Å²) in [5.41, 5.74) is 4.23. The van der Waals surface area contributed by atoms with E-state index >= 15 is 0 Å². The van der Waals surface area contributed by atoms with Crippen LogP contribution >= 0.6 is 0 Å². The van der Waals surface area contributed by atoms with Crippen LogP contribution in [0, 0.1) is 13.8 Å². The second-order valence-electron chi connectivity index (χ2n) is 4.03. The molecule has 1 aromatic carbocycles. The third kappa shape index (κ3) is 2.58. The van der Waals surface area contributed by atoms with Crippen molar-refractivity contribution in [2.24, 2.45) is 0 Å². The second-order valence-corrected chi connectivity index (χ2v) is 4.03. The molecule has 1 rings (SSSR count). The molecule has 82 valence electrons. The number of aryl methyl sites for hydroxylation is 2. The molecule has 0 radical (unpaired) electrons. The largest absolute Gasteiger partial charge is 0.374 e. The van der Waals surface area contributed by atoms with E-state index in [0.717, 1.165) is 30.4 Å². The average Bonchev–Trinajstić information content (AvgIpc) is 2.21. The summed E-state index contributed by atoms with van der Waals surface area (Å²) in [5, 5.41) is 0. The highest BCUT2D eigenvalue weighted by atomic mass is 16.1. The van der Waals surface area contributed by atoms with Crippen molar-refractivity contribution in [1.29, 1.82) is 0 Å². The van der Waals surface area contributed by atoms with Crippen molar-refractivity contribution in [3.63, 3.8) is 0 Å². The molecule has 0 bridgehead atoms. The zero-order chi connectivity index (χ0) is 11.4. The number of nitrogens with zero attached hydrogens (tertiary/aromatic N) is 1. The number of rotatable bonds is 4. The molecular formula is C13H19NO. The van der Waals surface area contributed by atoms with Crippen molar-refractivity contribution in [3.8, 4) is 0 Å². The van der Waals surface area contributed by atoms with E-state index < -0.39 is 0 Å². The lowest BCUT2D eigenvalue weighted by Gasteiger charge is -2.21. The smallest absolute Gasteiger partial charge is 0.150 e. The Labute approximate surface area is 91.9 Å². The predicted molar refractivity (Wildman–Crippen MR) is 64.9 cm³/mol. The van der Waals surface area contributed by atoms with E-state index in [2.05, 4.69) is 24.9 Å². The number of hydrogen-bond donors (Lipinski definition) is 0. The molecule has 0 aliphatic carbocycles. The fourth-order valence-corrected chi connectivity index (χ4v) is 1.82. The quantitative estimate of drug-likeness (QED) is 0.704. The Hall–Kier alpha value is -1.31. The molecule has 2 heteroatoms. The lowest BCUT2D eigenvalue weighted by Crippen LogP contribution is -2.19. The van der Waals surface area contributed by atoms with E-state index in [1.807, 2.05) is 19.9 Å². The van der Waals surface area contributed by atoms with Crippen molar-refractivity contribution in [2.75, 3.05) is 18.5 Å². The van der Waals surface area contributed by atoms with Gasteiger partial charge in [0.05, 0.1) is 0 Å². The van der Waals surface area contributed by atoms with Crippen LogP contribution in [0.3, 0.4) is 0 Å². The zero-order valence-electron chi connectivity index (χ0n) is 10.0. The monoisotopic (exact) mass is 205 g/mol. The molecule has 0 N–H and O–H groups in total. The van der Waals surface area contributed by atoms with Crippen molar-refractivity contribution in [2.45, 2.75) is 27.2 Å². The highest BCUT2D eigenvalue weighted by Crippen LogP contribution is 2.22. The summed E-state index contributed by atoms with van der Waals surface area (Å²) in [6.07, 6.45) is 2.05. The SMILES string of the molecule is CCCN(C)c1cc(C)c(C=O)cc1C. The average molecular weight is 205 g/mol. The molecule has 2 nitrogen and oxygen atoms in total. The van der Waals surface area contributed by atoms with Gasteiger partial charge in [-0.25, -0.2) is 0 Å². The van der Waals surface area contributed by atoms with Crippen LogP contribution in [0.1, 0.15) is 34.8 Å². The molecular weight excluding hydrogens is 186 g/mol. The molecule has 0 saturated heterocycles. The first-order valence-electron chi connectivity index (χ1n) is 5.37. The number of benzene rings is 1. The molecule has 0 aliphatic rings. The summed E-state index contributed by atoms with van der Waals surface area (Å²) in [7, 11) is 2.09. The van der Waals surface area contributed by atoms with Gasteiger partial charge >= 0.3 is 0 Å². The number of hydrogen-bond acceptors (Lipinski definition) is 2. The Kier molecular flexibility index (Phi) is 3.89. The van der Waals surface area contributed by atoms with Crippen LogP contribution in [0.25, 0.3) is 0 Å². The molecule has 15 heavy (non-hydrogen) atoms. The maximum atomic E-state index is 10.8. The summed E-state index contributed by atoms with van der Waals surface area (Å²) in [6.45, 7) is 7.24. The highest BCUT2D eigenvalue weighted by molar-refractivity contribution is 5.79. The molecule has 0 amide bonds. The molecule has 0 heterocycles. The molecule has 1 aromatic rings. The van der Waals surface area contributed by atoms with Gasteiger partial charge in [0.2, 0.25) is 0 Å². The summed E-state index contributed by atoms with van der Waals surface area (Å²) < 4.78 is 0. The summed E-state index contributed by atoms with van der Waals surface area (Å²) in [4.78, 5) is 13.0. The van der Waals surface area contributed by atoms with Gasteiger partial charge in [0.1, 0.15) is 6.29 Å². The third-order valence-corrected chi connectivity index (χ3v) is 2.68. The molecule has 0 spiro atoms. The first-order chi connectivity index (χ1) is 7.10. The van der Waals surface area contributed by atoms with Gasteiger partial charge in [-0.1, -0.05) is 6.92 Å². The standard InChI is InChI=1S/C13H19NO/c1-5-6-14(4)13-8-10(2)12(9-15)7-11(13)3/h7-9H,5-6H2,1-4H3. The van der Waals surface area contributed by atoms with E-state index in [9.17, 15) is 4.79 Å². The molecule has 0 saturated carbocycles. The molecule has 0 aliphatic heterocycles. The van der Waals surface area contributed by atoms with Gasteiger partial charge in [-0.2, -0.15) is 0 Å². The molecule has 0 atom stereocenters. The van der Waals surface area contributed by atoms with Crippen LogP contribution in [-0.2, 0) is 0 Å². The summed E-state index contributed by atoms with van der Waals surface area (Å²) in [6, 6.07) is 4.05. The minimum Gasteiger partial charge on any atom is -0.374 e. The first kappa shape index (κ1) is 11.8. The number of carbonyl (C=O) groups excluding carboxylic acids is 1. The Bertz CT molecular complexity index is 358. The predicted octanol–water partition coefficient (Wildman–Crippen LogP) is 2.96. The number of carbonyl (C=O) groups is 1. The fourth-order valence-electron chi connectivity index (χ4n) is 1.82. The molecule has 0 aromatic heterocycles. The van der Waals surface area contributed by atoms with Gasteiger partial charge in [-0.15, -0.1) is 0 Å². The topological polar surface area (TPSA) is 20.3 Å². The zero-order valence-corrected chi connectivity index (χ0v) is 10.0. The van der Waals surface area contributed by atoms with Crippen molar-refractivity contribution in [3.05, 3.63) is 28.8 Å². The van der Waals surface area contributed by atoms with E-state index in [-0.39, 0.29) is 0 Å². The third-order valence-electron chi connectivity index (χ3n) is 2.68. The van der Waals surface area contributed by atoms with Crippen molar-refractivity contribution < 1.29 is 4.79 Å². The Morgan fingerprint density at radius 2 is 1.93 bits per heavy atom. The van der Waals surface area contributed by atoms with Crippen LogP contribution in [0.5, 0.6) is 0 Å². The van der Waals surface area contributed by atoms with Crippen molar-refractivity contribution in [1.82, 2.24) is 0 Å². The number of aldehydes is 1. The maximum Gasteiger partial charge on any atom is 0.150 e. The Morgan fingerprint density at radius 3 is 2.47 bits per heavy atom. The van der Waals surface area contributed by atoms with Crippen LogP contribution in [0.4, 0.5) is 5.69 Å². The lowest BCUT2D eigenvalue weighted by molar-refractivity contribution is 0.112. The fraction of sp³-hybridized carbons (Fsp3) is 0.462. The van der Waals surface area contributed by atoms with E-state index in [4.69, 9.17) is 0 Å². The van der Waals surface area contributed by atoms with E-state index in [1.165, 1.54) is 11.3 Å². The Morgan fingerprint density at radius 1 is 1.27 bits per heavy atom. The van der Waals surface area contributed by atoms with E-state index in [0.29, 0.717) is 0 Å². The van der Waals surface area contributed by atoms with Crippen LogP contribution in [0.2, 0.25) is 0 Å². The van der Waals surface area contributed by atoms with Gasteiger partial charge in [-0.05, 0) is 43.5 Å². The molecule has 0 unspecified atom stereocenters. The minimum absolute atomic E-state index is 0.793. The summed E-state index contributed by atoms with van der Waals surface area (Å²) in [5.74, 6) is 0. The van der Waals surface area contributed by atoms with Gasteiger partial charge in [-0.3, -0.25) is 4.79 Å². The lowest BCUT2D eigenvalue weighted by atomic mass is 10.0. The van der Waals surface area contributed by atoms with Gasteiger partial charge in [0.15, 0.2) is 0 Å². The van der Waals surface area contributed by atoms with Crippen LogP contribution in [-0.4, -0.2) is 19.9 Å². The van der Waals surface area contributed by atoms with Gasteiger partial charge in [0, 0.05) is 24.8 Å².